The van der Waals surface area contributed by atoms with Gasteiger partial charge in [-0.15, -0.1) is 0 Å². The molecule has 7 heteroatoms. The van der Waals surface area contributed by atoms with Crippen molar-refractivity contribution in [3.63, 3.8) is 0 Å². The van der Waals surface area contributed by atoms with Gasteiger partial charge in [0.2, 0.25) is 5.76 Å². The summed E-state index contributed by atoms with van der Waals surface area (Å²) in [5, 5.41) is 0.504. The summed E-state index contributed by atoms with van der Waals surface area (Å²) in [5.74, 6) is 0.541. The maximum absolute atomic E-state index is 13.8. The predicted molar refractivity (Wildman–Crippen MR) is 130 cm³/mol. The first-order valence-corrected chi connectivity index (χ1v) is 11.8. The van der Waals surface area contributed by atoms with Crippen molar-refractivity contribution in [2.24, 2.45) is 0 Å². The van der Waals surface area contributed by atoms with Gasteiger partial charge < -0.3 is 18.8 Å². The molecule has 0 N–H and O–H groups in total. The number of ether oxygens (including phenoxy) is 2. The number of benzene rings is 2. The predicted octanol–water partition coefficient (Wildman–Crippen LogP) is 3.69. The van der Waals surface area contributed by atoms with Crippen LogP contribution in [0.5, 0.6) is 5.75 Å². The molecule has 3 aromatic rings. The van der Waals surface area contributed by atoms with Gasteiger partial charge in [-0.05, 0) is 49.6 Å². The minimum Gasteiger partial charge on any atom is -0.496 e. The maximum atomic E-state index is 13.8. The third-order valence-corrected chi connectivity index (χ3v) is 6.99. The molecular weight excluding hydrogens is 432 g/mol. The molecule has 0 saturated carbocycles. The smallest absolute Gasteiger partial charge is 0.290 e. The number of rotatable bonds is 6. The number of para-hydroxylation sites is 1. The van der Waals surface area contributed by atoms with Crippen LogP contribution in [0.25, 0.3) is 11.0 Å². The molecule has 3 heterocycles. The van der Waals surface area contributed by atoms with Crippen LogP contribution in [0.4, 0.5) is 0 Å². The SMILES string of the molecule is COc1ccccc1C1c2c(oc3cc(C)c(C)cc3c2=O)C(=O)N1CCCN1CCOCC1. The van der Waals surface area contributed by atoms with Crippen molar-refractivity contribution in [3.05, 3.63) is 74.6 Å². The van der Waals surface area contributed by atoms with Gasteiger partial charge in [0.1, 0.15) is 11.3 Å². The fourth-order valence-electron chi connectivity index (χ4n) is 5.01. The van der Waals surface area contributed by atoms with E-state index in [1.54, 1.807) is 12.0 Å². The second kappa shape index (κ2) is 9.24. The van der Waals surface area contributed by atoms with Crippen molar-refractivity contribution >= 4 is 16.9 Å². The van der Waals surface area contributed by atoms with Crippen LogP contribution in [0.15, 0.2) is 45.6 Å². The second-order valence-corrected chi connectivity index (χ2v) is 9.06. The zero-order valence-corrected chi connectivity index (χ0v) is 19.9. The van der Waals surface area contributed by atoms with Crippen molar-refractivity contribution < 1.29 is 18.7 Å². The average Bonchev–Trinajstić information content (AvgIpc) is 3.13. The van der Waals surface area contributed by atoms with Crippen LogP contribution in [0.3, 0.4) is 0 Å². The number of carbonyl (C=O) groups excluding carboxylic acids is 1. The first-order valence-electron chi connectivity index (χ1n) is 11.8. The molecule has 0 spiro atoms. The van der Waals surface area contributed by atoms with Crippen LogP contribution in [-0.2, 0) is 4.74 Å². The van der Waals surface area contributed by atoms with Crippen molar-refractivity contribution in [2.75, 3.05) is 46.5 Å². The van der Waals surface area contributed by atoms with Crippen molar-refractivity contribution in [1.29, 1.82) is 0 Å². The summed E-state index contributed by atoms with van der Waals surface area (Å²) in [5.41, 5.74) is 3.52. The van der Waals surface area contributed by atoms with Crippen molar-refractivity contribution in [1.82, 2.24) is 9.80 Å². The van der Waals surface area contributed by atoms with E-state index in [1.807, 2.05) is 50.2 Å². The standard InChI is InChI=1S/C27H30N2O5/c1-17-15-20-22(16-18(17)2)34-26-23(25(20)30)24(19-7-4-5-8-21(19)32-3)29(27(26)31)10-6-9-28-11-13-33-14-12-28/h4-5,7-8,15-16,24H,6,9-14H2,1-3H3. The van der Waals surface area contributed by atoms with Crippen LogP contribution >= 0.6 is 0 Å². The van der Waals surface area contributed by atoms with Crippen LogP contribution in [0.1, 0.15) is 45.3 Å². The molecule has 0 radical (unpaired) electrons. The molecular formula is C27H30N2O5. The summed E-state index contributed by atoms with van der Waals surface area (Å²) in [6.07, 6.45) is 0.789. The molecule has 34 heavy (non-hydrogen) atoms. The average molecular weight is 463 g/mol. The van der Waals surface area contributed by atoms with E-state index in [0.717, 1.165) is 56.0 Å². The maximum Gasteiger partial charge on any atom is 0.290 e. The zero-order valence-electron chi connectivity index (χ0n) is 19.9. The molecule has 1 amide bonds. The Kier molecular flexibility index (Phi) is 6.15. The molecule has 2 aliphatic rings. The van der Waals surface area contributed by atoms with E-state index in [4.69, 9.17) is 13.9 Å². The summed E-state index contributed by atoms with van der Waals surface area (Å²) >= 11 is 0. The van der Waals surface area contributed by atoms with E-state index >= 15 is 0 Å². The summed E-state index contributed by atoms with van der Waals surface area (Å²) in [6, 6.07) is 10.7. The summed E-state index contributed by atoms with van der Waals surface area (Å²) in [7, 11) is 1.61. The van der Waals surface area contributed by atoms with Crippen molar-refractivity contribution in [3.8, 4) is 5.75 Å². The fraction of sp³-hybridized carbons (Fsp3) is 0.407. The molecule has 0 aliphatic carbocycles. The van der Waals surface area contributed by atoms with E-state index in [-0.39, 0.29) is 17.1 Å². The van der Waals surface area contributed by atoms with Gasteiger partial charge in [0.25, 0.3) is 5.91 Å². The highest BCUT2D eigenvalue weighted by atomic mass is 16.5. The monoisotopic (exact) mass is 462 g/mol. The summed E-state index contributed by atoms with van der Waals surface area (Å²) < 4.78 is 17.2. The van der Waals surface area contributed by atoms with E-state index in [1.165, 1.54) is 0 Å². The third-order valence-electron chi connectivity index (χ3n) is 6.99. The Bertz CT molecular complexity index is 1290. The third kappa shape index (κ3) is 3.89. The number of hydrogen-bond acceptors (Lipinski definition) is 6. The molecule has 1 aromatic heterocycles. The lowest BCUT2D eigenvalue weighted by Crippen LogP contribution is -2.38. The van der Waals surface area contributed by atoms with Gasteiger partial charge in [0.05, 0.1) is 37.3 Å². The number of carbonyl (C=O) groups is 1. The van der Waals surface area contributed by atoms with E-state index in [9.17, 15) is 9.59 Å². The molecule has 0 bridgehead atoms. The Morgan fingerprint density at radius 1 is 1.03 bits per heavy atom. The van der Waals surface area contributed by atoms with Gasteiger partial charge in [-0.1, -0.05) is 18.2 Å². The highest BCUT2D eigenvalue weighted by Crippen LogP contribution is 2.41. The Balaban J connectivity index is 1.58. The molecule has 1 saturated heterocycles. The Morgan fingerprint density at radius 3 is 2.53 bits per heavy atom. The number of morpholine rings is 1. The molecule has 2 aliphatic heterocycles. The van der Waals surface area contributed by atoms with Gasteiger partial charge in [-0.25, -0.2) is 0 Å². The first-order chi connectivity index (χ1) is 16.5. The van der Waals surface area contributed by atoms with Crippen LogP contribution in [-0.4, -0.2) is 62.2 Å². The van der Waals surface area contributed by atoms with Gasteiger partial charge in [0.15, 0.2) is 5.43 Å². The number of methoxy groups -OCH3 is 1. The number of nitrogens with zero attached hydrogens (tertiary/aromatic N) is 2. The van der Waals surface area contributed by atoms with Gasteiger partial charge >= 0.3 is 0 Å². The molecule has 7 nitrogen and oxygen atoms in total. The molecule has 178 valence electrons. The minimum atomic E-state index is -0.550. The molecule has 1 unspecified atom stereocenters. The molecule has 5 rings (SSSR count). The lowest BCUT2D eigenvalue weighted by Gasteiger charge is -2.29. The highest BCUT2D eigenvalue weighted by Gasteiger charge is 2.43. The number of hydrogen-bond donors (Lipinski definition) is 0. The van der Waals surface area contributed by atoms with E-state index in [0.29, 0.717) is 28.8 Å². The summed E-state index contributed by atoms with van der Waals surface area (Å²) in [6.45, 7) is 8.59. The van der Waals surface area contributed by atoms with Crippen LogP contribution < -0.4 is 10.2 Å². The van der Waals surface area contributed by atoms with Gasteiger partial charge in [0, 0.05) is 31.7 Å². The number of aryl methyl sites for hydroxylation is 2. The number of fused-ring (bicyclic) bond motifs is 2. The van der Waals surface area contributed by atoms with Crippen LogP contribution in [0, 0.1) is 13.8 Å². The van der Waals surface area contributed by atoms with Crippen LogP contribution in [0.2, 0.25) is 0 Å². The van der Waals surface area contributed by atoms with Gasteiger partial charge in [-0.2, -0.15) is 0 Å². The Morgan fingerprint density at radius 2 is 1.76 bits per heavy atom. The lowest BCUT2D eigenvalue weighted by molar-refractivity contribution is 0.0353. The Hall–Kier alpha value is -3.16. The lowest BCUT2D eigenvalue weighted by atomic mass is 9.96. The highest BCUT2D eigenvalue weighted by molar-refractivity contribution is 5.99. The molecule has 1 fully saturated rings. The topological polar surface area (TPSA) is 72.2 Å². The van der Waals surface area contributed by atoms with E-state index in [2.05, 4.69) is 4.90 Å². The van der Waals surface area contributed by atoms with Gasteiger partial charge in [-0.3, -0.25) is 14.5 Å². The minimum absolute atomic E-state index is 0.142. The Labute approximate surface area is 198 Å². The largest absolute Gasteiger partial charge is 0.496 e. The first kappa shape index (κ1) is 22.6. The zero-order chi connectivity index (χ0) is 23.8. The normalized spacial score (nSPS) is 18.5. The summed E-state index contributed by atoms with van der Waals surface area (Å²) in [4.78, 5) is 31.5. The van der Waals surface area contributed by atoms with Crippen molar-refractivity contribution in [2.45, 2.75) is 26.3 Å². The fourth-order valence-corrected chi connectivity index (χ4v) is 5.01. The quantitative estimate of drug-likeness (QED) is 0.557. The number of amides is 1. The molecule has 2 aromatic carbocycles. The van der Waals surface area contributed by atoms with E-state index < -0.39 is 6.04 Å². The second-order valence-electron chi connectivity index (χ2n) is 9.06. The molecule has 1 atom stereocenters.